The summed E-state index contributed by atoms with van der Waals surface area (Å²) >= 11 is 0. The van der Waals surface area contributed by atoms with Crippen molar-refractivity contribution in [2.45, 2.75) is 39.0 Å². The Labute approximate surface area is 105 Å². The minimum atomic E-state index is 0.982. The maximum atomic E-state index is 4.57. The molecule has 92 valence electrons. The average Bonchev–Trinajstić information content (AvgIpc) is 3.04. The molecule has 8 unspecified atom stereocenters. The molecule has 0 heterocycles. The fourth-order valence-corrected chi connectivity index (χ4v) is 7.64. The molecular weight excluding hydrogens is 204 g/mol. The highest BCUT2D eigenvalue weighted by Crippen LogP contribution is 2.75. The van der Waals surface area contributed by atoms with E-state index in [4.69, 9.17) is 0 Å². The van der Waals surface area contributed by atoms with Gasteiger partial charge in [0.2, 0.25) is 0 Å². The molecule has 5 aliphatic carbocycles. The Morgan fingerprint density at radius 1 is 0.824 bits per heavy atom. The van der Waals surface area contributed by atoms with Crippen LogP contribution in [0.1, 0.15) is 39.0 Å². The molecule has 5 aliphatic rings. The van der Waals surface area contributed by atoms with Gasteiger partial charge in [-0.2, -0.15) is 0 Å². The summed E-state index contributed by atoms with van der Waals surface area (Å²) in [5.41, 5.74) is 1.73. The lowest BCUT2D eigenvalue weighted by atomic mass is 9.64. The standard InChI is InChI=1S/C17H24/c1-8-10-6-7-11(8)17-15-9(2)14(16(10)17)12-4-3-5-13(12)15/h8,10-17H,2-7H2,1H3. The van der Waals surface area contributed by atoms with Gasteiger partial charge in [0.25, 0.3) is 0 Å². The van der Waals surface area contributed by atoms with E-state index in [1.807, 2.05) is 0 Å². The molecule has 0 aromatic carbocycles. The van der Waals surface area contributed by atoms with Crippen LogP contribution in [0.25, 0.3) is 0 Å². The van der Waals surface area contributed by atoms with Crippen molar-refractivity contribution in [3.05, 3.63) is 12.2 Å². The summed E-state index contributed by atoms with van der Waals surface area (Å²) in [5.74, 6) is 9.57. The van der Waals surface area contributed by atoms with Gasteiger partial charge in [-0.1, -0.05) is 25.5 Å². The topological polar surface area (TPSA) is 0 Å². The van der Waals surface area contributed by atoms with Gasteiger partial charge in [0, 0.05) is 0 Å². The van der Waals surface area contributed by atoms with Crippen molar-refractivity contribution in [1.82, 2.24) is 0 Å². The smallest absolute Gasteiger partial charge is 0.0138 e. The van der Waals surface area contributed by atoms with Gasteiger partial charge in [0.05, 0.1) is 0 Å². The highest BCUT2D eigenvalue weighted by Gasteiger charge is 2.69. The molecule has 0 aromatic rings. The molecule has 0 radical (unpaired) electrons. The van der Waals surface area contributed by atoms with Gasteiger partial charge in [-0.3, -0.25) is 0 Å². The fourth-order valence-electron chi connectivity index (χ4n) is 7.64. The fraction of sp³-hybridized carbons (Fsp3) is 0.882. The van der Waals surface area contributed by atoms with Gasteiger partial charge in [-0.25, -0.2) is 0 Å². The van der Waals surface area contributed by atoms with E-state index < -0.39 is 0 Å². The van der Waals surface area contributed by atoms with Gasteiger partial charge in [-0.05, 0) is 78.9 Å². The highest BCUT2D eigenvalue weighted by atomic mass is 14.7. The molecule has 0 nitrogen and oxygen atoms in total. The summed E-state index contributed by atoms with van der Waals surface area (Å²) in [6, 6.07) is 0. The van der Waals surface area contributed by atoms with E-state index in [0.717, 1.165) is 53.3 Å². The Morgan fingerprint density at radius 2 is 1.35 bits per heavy atom. The van der Waals surface area contributed by atoms with Crippen LogP contribution < -0.4 is 0 Å². The number of allylic oxidation sites excluding steroid dienone is 1. The minimum Gasteiger partial charge on any atom is -0.0993 e. The molecule has 5 fully saturated rings. The molecule has 0 aromatic heterocycles. The lowest BCUT2D eigenvalue weighted by molar-refractivity contribution is 0.0716. The summed E-state index contributed by atoms with van der Waals surface area (Å²) in [6.45, 7) is 7.13. The largest absolute Gasteiger partial charge is 0.0993 e. The van der Waals surface area contributed by atoms with Gasteiger partial charge < -0.3 is 0 Å². The van der Waals surface area contributed by atoms with Gasteiger partial charge in [0.15, 0.2) is 0 Å². The zero-order valence-corrected chi connectivity index (χ0v) is 10.9. The zero-order chi connectivity index (χ0) is 11.3. The minimum absolute atomic E-state index is 0.982. The monoisotopic (exact) mass is 228 g/mol. The molecule has 0 heteroatoms. The van der Waals surface area contributed by atoms with Crippen LogP contribution in [0.15, 0.2) is 12.2 Å². The van der Waals surface area contributed by atoms with Crippen LogP contribution in [0.5, 0.6) is 0 Å². The SMILES string of the molecule is C=C1C2C3CCCC3C1C1C3CCC(C3C)C21. The van der Waals surface area contributed by atoms with E-state index in [1.165, 1.54) is 6.42 Å². The van der Waals surface area contributed by atoms with Crippen LogP contribution in [0.2, 0.25) is 0 Å². The first-order valence-corrected chi connectivity index (χ1v) is 7.97. The second-order valence-corrected chi connectivity index (χ2v) is 7.80. The number of hydrogen-bond donors (Lipinski definition) is 0. The Balaban J connectivity index is 1.63. The molecule has 0 N–H and O–H groups in total. The van der Waals surface area contributed by atoms with E-state index >= 15 is 0 Å². The van der Waals surface area contributed by atoms with Crippen LogP contribution in [0.4, 0.5) is 0 Å². The van der Waals surface area contributed by atoms with Crippen molar-refractivity contribution in [3.63, 3.8) is 0 Å². The van der Waals surface area contributed by atoms with E-state index in [0.29, 0.717) is 0 Å². The predicted octanol–water partition coefficient (Wildman–Crippen LogP) is 4.13. The van der Waals surface area contributed by atoms with Gasteiger partial charge in [-0.15, -0.1) is 0 Å². The molecule has 0 aliphatic heterocycles. The van der Waals surface area contributed by atoms with Crippen molar-refractivity contribution >= 4 is 0 Å². The van der Waals surface area contributed by atoms with Crippen LogP contribution in [0.3, 0.4) is 0 Å². The van der Waals surface area contributed by atoms with Crippen LogP contribution >= 0.6 is 0 Å². The first-order chi connectivity index (χ1) is 8.29. The number of rotatable bonds is 0. The third-order valence-corrected chi connectivity index (χ3v) is 7.85. The second kappa shape index (κ2) is 2.83. The van der Waals surface area contributed by atoms with Crippen LogP contribution in [-0.2, 0) is 0 Å². The normalized spacial score (nSPS) is 66.6. The van der Waals surface area contributed by atoms with Crippen molar-refractivity contribution in [2.75, 3.05) is 0 Å². The molecule has 17 heavy (non-hydrogen) atoms. The van der Waals surface area contributed by atoms with Crippen molar-refractivity contribution < 1.29 is 0 Å². The number of fused-ring (bicyclic) bond motifs is 12. The molecule has 4 bridgehead atoms. The van der Waals surface area contributed by atoms with Gasteiger partial charge in [0.1, 0.15) is 0 Å². The molecule has 0 saturated heterocycles. The summed E-state index contributed by atoms with van der Waals surface area (Å²) in [4.78, 5) is 0. The molecule has 0 spiro atoms. The maximum Gasteiger partial charge on any atom is -0.0138 e. The predicted molar refractivity (Wildman–Crippen MR) is 69.3 cm³/mol. The lowest BCUT2D eigenvalue weighted by Crippen LogP contribution is -2.35. The summed E-state index contributed by atoms with van der Waals surface area (Å²) < 4.78 is 0. The van der Waals surface area contributed by atoms with E-state index in [9.17, 15) is 0 Å². The van der Waals surface area contributed by atoms with E-state index in [1.54, 1.807) is 31.3 Å². The first kappa shape index (κ1) is 9.64. The van der Waals surface area contributed by atoms with Crippen molar-refractivity contribution in [3.8, 4) is 0 Å². The molecule has 0 amide bonds. The maximum absolute atomic E-state index is 4.57. The lowest BCUT2D eigenvalue weighted by Gasteiger charge is -2.40. The summed E-state index contributed by atoms with van der Waals surface area (Å²) in [7, 11) is 0. The average molecular weight is 228 g/mol. The third-order valence-electron chi connectivity index (χ3n) is 7.85. The second-order valence-electron chi connectivity index (χ2n) is 7.80. The molecular formula is C17H24. The van der Waals surface area contributed by atoms with E-state index in [2.05, 4.69) is 13.5 Å². The Kier molecular flexibility index (Phi) is 1.61. The summed E-state index contributed by atoms with van der Waals surface area (Å²) in [6.07, 6.45) is 7.72. The Bertz CT molecular complexity index is 361. The Morgan fingerprint density at radius 3 is 1.88 bits per heavy atom. The molecule has 5 rings (SSSR count). The zero-order valence-electron chi connectivity index (χ0n) is 10.9. The first-order valence-electron chi connectivity index (χ1n) is 7.97. The molecule has 8 atom stereocenters. The molecule has 5 saturated carbocycles. The summed E-state index contributed by atoms with van der Waals surface area (Å²) in [5, 5.41) is 0. The van der Waals surface area contributed by atoms with Gasteiger partial charge >= 0.3 is 0 Å². The van der Waals surface area contributed by atoms with Crippen LogP contribution in [0, 0.1) is 53.3 Å². The number of hydrogen-bond acceptors (Lipinski definition) is 0. The van der Waals surface area contributed by atoms with E-state index in [-0.39, 0.29) is 0 Å². The van der Waals surface area contributed by atoms with Crippen LogP contribution in [-0.4, -0.2) is 0 Å². The quantitative estimate of drug-likeness (QED) is 0.432. The Hall–Kier alpha value is -0.260. The van der Waals surface area contributed by atoms with Crippen molar-refractivity contribution in [1.29, 1.82) is 0 Å². The van der Waals surface area contributed by atoms with Crippen molar-refractivity contribution in [2.24, 2.45) is 53.3 Å². The highest BCUT2D eigenvalue weighted by molar-refractivity contribution is 5.31. The third kappa shape index (κ3) is 0.861.